The molecule has 2 N–H and O–H groups in total. The van der Waals surface area contributed by atoms with Crippen LogP contribution in [0.4, 0.5) is 5.00 Å². The van der Waals surface area contributed by atoms with Crippen LogP contribution in [-0.4, -0.2) is 24.0 Å². The number of hydrogen-bond acceptors (Lipinski definition) is 6. The highest BCUT2D eigenvalue weighted by molar-refractivity contribution is 7.10. The number of nitrogens with zero attached hydrogens (tertiary/aromatic N) is 5. The summed E-state index contributed by atoms with van der Waals surface area (Å²) in [6.07, 6.45) is 5.15. The van der Waals surface area contributed by atoms with Crippen molar-refractivity contribution in [3.63, 3.8) is 0 Å². The van der Waals surface area contributed by atoms with Crippen molar-refractivity contribution in [2.45, 2.75) is 6.92 Å². The maximum absolute atomic E-state index is 5.88. The lowest BCUT2D eigenvalue weighted by Crippen LogP contribution is -1.93. The van der Waals surface area contributed by atoms with E-state index in [2.05, 4.69) is 19.6 Å². The molecule has 6 nitrogen and oxygen atoms in total. The lowest BCUT2D eigenvalue weighted by atomic mass is 10.2. The summed E-state index contributed by atoms with van der Waals surface area (Å²) in [5, 5.41) is 8.80. The number of fused-ring (bicyclic) bond motifs is 1. The zero-order valence-corrected chi connectivity index (χ0v) is 9.27. The molecule has 0 aromatic carbocycles. The van der Waals surface area contributed by atoms with Gasteiger partial charge in [0, 0.05) is 12.4 Å². The normalized spacial score (nSPS) is 11.1. The van der Waals surface area contributed by atoms with Crippen molar-refractivity contribution in [3.8, 4) is 11.4 Å². The minimum atomic E-state index is 0.656. The zero-order valence-electron chi connectivity index (χ0n) is 8.45. The largest absolute Gasteiger partial charge is 0.389 e. The molecule has 7 heteroatoms. The van der Waals surface area contributed by atoms with Crippen LogP contribution in [0.3, 0.4) is 0 Å². The standard InChI is InChI=1S/C9H8N6S/c1-5-7(8(10)16-14-5)9-13-12-6-4-11-2-3-15(6)9/h2-4H,10H2,1H3. The summed E-state index contributed by atoms with van der Waals surface area (Å²) in [7, 11) is 0. The van der Waals surface area contributed by atoms with Crippen LogP contribution in [0.25, 0.3) is 17.0 Å². The maximum atomic E-state index is 5.88. The molecule has 0 spiro atoms. The highest BCUT2D eigenvalue weighted by Crippen LogP contribution is 2.30. The van der Waals surface area contributed by atoms with Crippen molar-refractivity contribution in [2.75, 3.05) is 5.73 Å². The Morgan fingerprint density at radius 2 is 2.25 bits per heavy atom. The first-order valence-electron chi connectivity index (χ1n) is 4.64. The molecule has 0 fully saturated rings. The predicted molar refractivity (Wildman–Crippen MR) is 61.0 cm³/mol. The summed E-state index contributed by atoms with van der Waals surface area (Å²) >= 11 is 1.27. The van der Waals surface area contributed by atoms with E-state index < -0.39 is 0 Å². The quantitative estimate of drug-likeness (QED) is 0.680. The van der Waals surface area contributed by atoms with E-state index in [4.69, 9.17) is 5.73 Å². The van der Waals surface area contributed by atoms with Gasteiger partial charge in [0.2, 0.25) is 0 Å². The van der Waals surface area contributed by atoms with Crippen LogP contribution in [0.15, 0.2) is 18.6 Å². The lowest BCUT2D eigenvalue weighted by molar-refractivity contribution is 1.10. The van der Waals surface area contributed by atoms with Gasteiger partial charge in [-0.1, -0.05) is 0 Å². The molecule has 0 radical (unpaired) electrons. The van der Waals surface area contributed by atoms with E-state index in [0.29, 0.717) is 16.5 Å². The first-order valence-corrected chi connectivity index (χ1v) is 5.41. The van der Waals surface area contributed by atoms with E-state index in [1.54, 1.807) is 18.6 Å². The molecule has 0 unspecified atom stereocenters. The SMILES string of the molecule is Cc1nsc(N)c1-c1nnc2cnccn12. The van der Waals surface area contributed by atoms with Gasteiger partial charge >= 0.3 is 0 Å². The Hall–Kier alpha value is -2.02. The molecule has 0 bridgehead atoms. The fourth-order valence-electron chi connectivity index (χ4n) is 1.58. The molecule has 80 valence electrons. The predicted octanol–water partition coefficient (Wildman–Crippen LogP) is 1.14. The first-order chi connectivity index (χ1) is 7.77. The molecule has 3 aromatic rings. The number of aromatic nitrogens is 5. The van der Waals surface area contributed by atoms with Crippen LogP contribution in [0.2, 0.25) is 0 Å². The molecular formula is C9H8N6S. The second-order valence-electron chi connectivity index (χ2n) is 3.34. The van der Waals surface area contributed by atoms with Crippen LogP contribution in [0.1, 0.15) is 5.69 Å². The van der Waals surface area contributed by atoms with Gasteiger partial charge in [-0.25, -0.2) is 0 Å². The average molecular weight is 232 g/mol. The van der Waals surface area contributed by atoms with Crippen LogP contribution >= 0.6 is 11.5 Å². The van der Waals surface area contributed by atoms with Crippen molar-refractivity contribution in [1.82, 2.24) is 24.0 Å². The first kappa shape index (κ1) is 9.22. The second kappa shape index (κ2) is 3.24. The molecule has 0 amide bonds. The number of nitrogen functional groups attached to an aromatic ring is 1. The fourth-order valence-corrected chi connectivity index (χ4v) is 2.24. The Bertz CT molecular complexity index is 635. The summed E-state index contributed by atoms with van der Waals surface area (Å²) in [6.45, 7) is 1.91. The highest BCUT2D eigenvalue weighted by atomic mass is 32.1. The molecule has 0 aliphatic carbocycles. The van der Waals surface area contributed by atoms with Gasteiger partial charge in [0.15, 0.2) is 11.5 Å². The lowest BCUT2D eigenvalue weighted by Gasteiger charge is -1.98. The molecule has 0 saturated heterocycles. The third kappa shape index (κ3) is 1.18. The van der Waals surface area contributed by atoms with Crippen LogP contribution in [-0.2, 0) is 0 Å². The van der Waals surface area contributed by atoms with E-state index in [1.807, 2.05) is 11.3 Å². The fraction of sp³-hybridized carbons (Fsp3) is 0.111. The van der Waals surface area contributed by atoms with Gasteiger partial charge in [-0.2, -0.15) is 4.37 Å². The number of hydrogen-bond donors (Lipinski definition) is 1. The van der Waals surface area contributed by atoms with Gasteiger partial charge in [0.1, 0.15) is 5.00 Å². The van der Waals surface area contributed by atoms with E-state index in [-0.39, 0.29) is 0 Å². The second-order valence-corrected chi connectivity index (χ2v) is 4.14. The highest BCUT2D eigenvalue weighted by Gasteiger charge is 2.16. The van der Waals surface area contributed by atoms with Gasteiger partial charge in [-0.05, 0) is 18.5 Å². The summed E-state index contributed by atoms with van der Waals surface area (Å²) in [4.78, 5) is 3.98. The number of aryl methyl sites for hydroxylation is 1. The minimum absolute atomic E-state index is 0.656. The monoisotopic (exact) mass is 232 g/mol. The molecule has 0 aliphatic rings. The van der Waals surface area contributed by atoms with Gasteiger partial charge < -0.3 is 5.73 Å². The van der Waals surface area contributed by atoms with E-state index in [1.165, 1.54) is 11.5 Å². The number of rotatable bonds is 1. The third-order valence-corrected chi connectivity index (χ3v) is 3.09. The van der Waals surface area contributed by atoms with Crippen molar-refractivity contribution >= 4 is 22.2 Å². The maximum Gasteiger partial charge on any atom is 0.179 e. The molecule has 16 heavy (non-hydrogen) atoms. The van der Waals surface area contributed by atoms with E-state index >= 15 is 0 Å². The Morgan fingerprint density at radius 1 is 1.38 bits per heavy atom. The summed E-state index contributed by atoms with van der Waals surface area (Å²) in [5.41, 5.74) is 8.30. The van der Waals surface area contributed by atoms with E-state index in [9.17, 15) is 0 Å². The number of nitrogens with two attached hydrogens (primary N) is 1. The molecule has 0 saturated carbocycles. The molecule has 3 heterocycles. The van der Waals surface area contributed by atoms with Crippen molar-refractivity contribution in [1.29, 1.82) is 0 Å². The van der Waals surface area contributed by atoms with Crippen molar-refractivity contribution in [3.05, 3.63) is 24.3 Å². The van der Waals surface area contributed by atoms with Crippen LogP contribution in [0, 0.1) is 6.92 Å². The van der Waals surface area contributed by atoms with Gasteiger partial charge in [-0.15, -0.1) is 10.2 Å². The third-order valence-electron chi connectivity index (χ3n) is 2.33. The topological polar surface area (TPSA) is 82.0 Å². The Labute approximate surface area is 94.9 Å². The Morgan fingerprint density at radius 3 is 3.00 bits per heavy atom. The number of anilines is 1. The summed E-state index contributed by atoms with van der Waals surface area (Å²) in [6, 6.07) is 0. The van der Waals surface area contributed by atoms with Crippen molar-refractivity contribution in [2.24, 2.45) is 0 Å². The van der Waals surface area contributed by atoms with Crippen LogP contribution < -0.4 is 5.73 Å². The summed E-state index contributed by atoms with van der Waals surface area (Å²) in [5.74, 6) is 0.709. The van der Waals surface area contributed by atoms with Gasteiger partial charge in [0.25, 0.3) is 0 Å². The average Bonchev–Trinajstić information content (AvgIpc) is 2.83. The Balaban J connectivity index is 2.35. The molecule has 3 rings (SSSR count). The molecular weight excluding hydrogens is 224 g/mol. The van der Waals surface area contributed by atoms with Crippen LogP contribution in [0.5, 0.6) is 0 Å². The smallest absolute Gasteiger partial charge is 0.179 e. The van der Waals surface area contributed by atoms with Gasteiger partial charge in [0.05, 0.1) is 17.5 Å². The van der Waals surface area contributed by atoms with E-state index in [0.717, 1.165) is 11.3 Å². The molecule has 3 aromatic heterocycles. The summed E-state index contributed by atoms with van der Waals surface area (Å²) < 4.78 is 6.05. The van der Waals surface area contributed by atoms with Crippen molar-refractivity contribution < 1.29 is 0 Å². The molecule has 0 atom stereocenters. The van der Waals surface area contributed by atoms with Gasteiger partial charge in [-0.3, -0.25) is 9.38 Å². The zero-order chi connectivity index (χ0) is 11.1. The Kier molecular flexibility index (Phi) is 1.87. The minimum Gasteiger partial charge on any atom is -0.389 e. The molecule has 0 aliphatic heterocycles.